The summed E-state index contributed by atoms with van der Waals surface area (Å²) in [7, 11) is -2.84. The Hall–Kier alpha value is -1.07. The fraction of sp³-hybridized carbons (Fsp3) is 0.600. The molecule has 1 saturated heterocycles. The number of sulfone groups is 1. The van der Waals surface area contributed by atoms with E-state index in [1.54, 1.807) is 0 Å². The van der Waals surface area contributed by atoms with Crippen molar-refractivity contribution in [1.29, 1.82) is 0 Å². The molecule has 0 aliphatic carbocycles. The summed E-state index contributed by atoms with van der Waals surface area (Å²) in [4.78, 5) is 2.31. The van der Waals surface area contributed by atoms with Crippen LogP contribution >= 0.6 is 0 Å². The highest BCUT2D eigenvalue weighted by molar-refractivity contribution is 7.91. The van der Waals surface area contributed by atoms with Crippen LogP contribution in [0.5, 0.6) is 0 Å². The molecule has 1 aliphatic rings. The summed E-state index contributed by atoms with van der Waals surface area (Å²) in [5.74, 6) is 1.15. The highest BCUT2D eigenvalue weighted by Crippen LogP contribution is 2.21. The highest BCUT2D eigenvalue weighted by atomic mass is 32.2. The van der Waals surface area contributed by atoms with Gasteiger partial charge in [0.05, 0.1) is 11.5 Å². The Kier molecular flexibility index (Phi) is 4.70. The van der Waals surface area contributed by atoms with Gasteiger partial charge in [0.25, 0.3) is 0 Å². The summed E-state index contributed by atoms with van der Waals surface area (Å²) < 4.78 is 23.4. The van der Waals surface area contributed by atoms with E-state index in [0.29, 0.717) is 17.4 Å². The summed E-state index contributed by atoms with van der Waals surface area (Å²) in [5, 5.41) is 0. The summed E-state index contributed by atoms with van der Waals surface area (Å²) >= 11 is 0. The molecule has 0 aromatic heterocycles. The van der Waals surface area contributed by atoms with E-state index < -0.39 is 9.84 Å². The Labute approximate surface area is 121 Å². The van der Waals surface area contributed by atoms with Crippen molar-refractivity contribution in [3.8, 4) is 0 Å². The van der Waals surface area contributed by atoms with Gasteiger partial charge >= 0.3 is 0 Å². The van der Waals surface area contributed by atoms with Crippen molar-refractivity contribution in [3.05, 3.63) is 29.8 Å². The van der Waals surface area contributed by atoms with Crippen molar-refractivity contribution in [2.24, 2.45) is 5.92 Å². The molecule has 1 aliphatic heterocycles. The first kappa shape index (κ1) is 15.3. The quantitative estimate of drug-likeness (QED) is 0.843. The Bertz CT molecular complexity index is 537. The second kappa shape index (κ2) is 6.14. The summed E-state index contributed by atoms with van der Waals surface area (Å²) in [6, 6.07) is 7.99. The molecular formula is C15H24N2O2S. The largest absolute Gasteiger partial charge is 0.399 e. The maximum Gasteiger partial charge on any atom is 0.151 e. The van der Waals surface area contributed by atoms with Gasteiger partial charge in [-0.3, -0.25) is 4.90 Å². The number of benzene rings is 1. The lowest BCUT2D eigenvalue weighted by atomic mass is 10.1. The predicted octanol–water partition coefficient (Wildman–Crippen LogP) is 1.91. The van der Waals surface area contributed by atoms with Crippen molar-refractivity contribution >= 4 is 15.5 Å². The lowest BCUT2D eigenvalue weighted by Gasteiger charge is -2.29. The van der Waals surface area contributed by atoms with E-state index in [2.05, 4.69) is 18.7 Å². The molecule has 0 bridgehead atoms. The zero-order chi connectivity index (χ0) is 14.8. The third kappa shape index (κ3) is 4.21. The van der Waals surface area contributed by atoms with E-state index in [1.807, 2.05) is 24.3 Å². The topological polar surface area (TPSA) is 63.4 Å². The van der Waals surface area contributed by atoms with E-state index >= 15 is 0 Å². The monoisotopic (exact) mass is 296 g/mol. The van der Waals surface area contributed by atoms with Gasteiger partial charge in [0.2, 0.25) is 0 Å². The van der Waals surface area contributed by atoms with Gasteiger partial charge in [0, 0.05) is 24.8 Å². The zero-order valence-corrected chi connectivity index (χ0v) is 13.1. The number of hydrogen-bond donors (Lipinski definition) is 1. The van der Waals surface area contributed by atoms with Crippen LogP contribution in [0.2, 0.25) is 0 Å². The first-order chi connectivity index (χ1) is 9.35. The molecule has 1 aromatic rings. The first-order valence-electron chi connectivity index (χ1n) is 7.14. The molecule has 0 radical (unpaired) electrons. The van der Waals surface area contributed by atoms with Gasteiger partial charge in [-0.25, -0.2) is 8.42 Å². The van der Waals surface area contributed by atoms with Gasteiger partial charge in [-0.2, -0.15) is 0 Å². The molecule has 112 valence electrons. The fourth-order valence-electron chi connectivity index (χ4n) is 2.73. The molecule has 1 fully saturated rings. The molecule has 2 rings (SSSR count). The standard InChI is InChI=1S/C15H24N2O2S/c1-12(2)9-17(15-7-8-20(18,19)11-15)10-13-3-5-14(16)6-4-13/h3-6,12,15H,7-11,16H2,1-2H3/t15-/m1/s1. The number of nitrogens with zero attached hydrogens (tertiary/aromatic N) is 1. The van der Waals surface area contributed by atoms with E-state index in [0.717, 1.165) is 25.2 Å². The minimum Gasteiger partial charge on any atom is -0.399 e. The molecular weight excluding hydrogens is 272 g/mol. The van der Waals surface area contributed by atoms with Crippen molar-refractivity contribution < 1.29 is 8.42 Å². The maximum absolute atomic E-state index is 11.7. The van der Waals surface area contributed by atoms with Crippen LogP contribution in [0, 0.1) is 5.92 Å². The van der Waals surface area contributed by atoms with Crippen LogP contribution in [0.25, 0.3) is 0 Å². The van der Waals surface area contributed by atoms with Crippen LogP contribution in [0.4, 0.5) is 5.69 Å². The number of nitrogen functional groups attached to an aromatic ring is 1. The number of hydrogen-bond acceptors (Lipinski definition) is 4. The third-order valence-electron chi connectivity index (χ3n) is 3.69. The van der Waals surface area contributed by atoms with Crippen LogP contribution in [0.15, 0.2) is 24.3 Å². The van der Waals surface area contributed by atoms with Gasteiger partial charge in [0.1, 0.15) is 0 Å². The average Bonchev–Trinajstić information content (AvgIpc) is 2.71. The van der Waals surface area contributed by atoms with Gasteiger partial charge in [-0.05, 0) is 30.0 Å². The van der Waals surface area contributed by atoms with E-state index in [9.17, 15) is 8.42 Å². The smallest absolute Gasteiger partial charge is 0.151 e. The number of nitrogens with two attached hydrogens (primary N) is 1. The Morgan fingerprint density at radius 1 is 1.30 bits per heavy atom. The van der Waals surface area contributed by atoms with Crippen LogP contribution < -0.4 is 5.73 Å². The average molecular weight is 296 g/mol. The lowest BCUT2D eigenvalue weighted by molar-refractivity contribution is 0.181. The zero-order valence-electron chi connectivity index (χ0n) is 12.2. The van der Waals surface area contributed by atoms with E-state index in [1.165, 1.54) is 5.56 Å². The molecule has 0 amide bonds. The molecule has 0 saturated carbocycles. The molecule has 0 unspecified atom stereocenters. The molecule has 1 atom stereocenters. The van der Waals surface area contributed by atoms with Gasteiger partial charge in [0.15, 0.2) is 9.84 Å². The second-order valence-electron chi connectivity index (χ2n) is 6.12. The summed E-state index contributed by atoms with van der Waals surface area (Å²) in [6.45, 7) is 6.04. The van der Waals surface area contributed by atoms with Gasteiger partial charge in [-0.1, -0.05) is 26.0 Å². The van der Waals surface area contributed by atoms with Crippen molar-refractivity contribution in [3.63, 3.8) is 0 Å². The van der Waals surface area contributed by atoms with Crippen LogP contribution in [0.1, 0.15) is 25.8 Å². The fourth-order valence-corrected chi connectivity index (χ4v) is 4.49. The molecule has 4 nitrogen and oxygen atoms in total. The summed E-state index contributed by atoms with van der Waals surface area (Å²) in [5.41, 5.74) is 7.64. The number of anilines is 1. The Morgan fingerprint density at radius 3 is 2.45 bits per heavy atom. The van der Waals surface area contributed by atoms with Crippen LogP contribution in [-0.2, 0) is 16.4 Å². The minimum absolute atomic E-state index is 0.153. The summed E-state index contributed by atoms with van der Waals surface area (Å²) in [6.07, 6.45) is 0.754. The SMILES string of the molecule is CC(C)CN(Cc1ccc(N)cc1)[C@@H]1CCS(=O)(=O)C1. The van der Waals surface area contributed by atoms with Gasteiger partial charge < -0.3 is 5.73 Å². The Balaban J connectivity index is 2.09. The molecule has 5 heteroatoms. The Morgan fingerprint density at radius 2 is 1.95 bits per heavy atom. The minimum atomic E-state index is -2.84. The third-order valence-corrected chi connectivity index (χ3v) is 5.44. The normalized spacial score (nSPS) is 21.7. The number of rotatable bonds is 5. The van der Waals surface area contributed by atoms with Crippen molar-refractivity contribution in [2.45, 2.75) is 32.9 Å². The van der Waals surface area contributed by atoms with Crippen molar-refractivity contribution in [2.75, 3.05) is 23.8 Å². The van der Waals surface area contributed by atoms with E-state index in [-0.39, 0.29) is 6.04 Å². The molecule has 1 heterocycles. The van der Waals surface area contributed by atoms with Crippen LogP contribution in [0.3, 0.4) is 0 Å². The van der Waals surface area contributed by atoms with Gasteiger partial charge in [-0.15, -0.1) is 0 Å². The molecule has 2 N–H and O–H groups in total. The molecule has 20 heavy (non-hydrogen) atoms. The first-order valence-corrected chi connectivity index (χ1v) is 8.97. The van der Waals surface area contributed by atoms with E-state index in [4.69, 9.17) is 5.73 Å². The van der Waals surface area contributed by atoms with Crippen LogP contribution in [-0.4, -0.2) is 37.4 Å². The maximum atomic E-state index is 11.7. The molecule has 1 aromatic carbocycles. The predicted molar refractivity (Wildman–Crippen MR) is 83.2 cm³/mol. The van der Waals surface area contributed by atoms with Crippen molar-refractivity contribution in [1.82, 2.24) is 4.90 Å². The highest BCUT2D eigenvalue weighted by Gasteiger charge is 2.32. The molecule has 0 spiro atoms. The second-order valence-corrected chi connectivity index (χ2v) is 8.35. The lowest BCUT2D eigenvalue weighted by Crippen LogP contribution is -2.38.